The van der Waals surface area contributed by atoms with Crippen LogP contribution in [0, 0.1) is 5.82 Å². The second-order valence-corrected chi connectivity index (χ2v) is 8.39. The first-order valence-electron chi connectivity index (χ1n) is 11.0. The fourth-order valence-electron chi connectivity index (χ4n) is 3.28. The van der Waals surface area contributed by atoms with Crippen molar-refractivity contribution in [2.75, 3.05) is 14.2 Å². The Labute approximate surface area is 204 Å². The highest BCUT2D eigenvalue weighted by atomic mass is 19.1. The number of ether oxygens (including phenoxy) is 3. The molecular weight excluding hydrogens is 451 g/mol. The minimum absolute atomic E-state index is 0.289. The van der Waals surface area contributed by atoms with Gasteiger partial charge >= 0.3 is 5.97 Å². The van der Waals surface area contributed by atoms with Crippen molar-refractivity contribution in [2.45, 2.75) is 32.5 Å². The Morgan fingerprint density at radius 1 is 0.857 bits per heavy atom. The Morgan fingerprint density at radius 2 is 1.46 bits per heavy atom. The zero-order valence-electron chi connectivity index (χ0n) is 20.2. The summed E-state index contributed by atoms with van der Waals surface area (Å²) in [6.45, 7) is 4.12. The third kappa shape index (κ3) is 7.04. The summed E-state index contributed by atoms with van der Waals surface area (Å²) in [4.78, 5) is 24.8. The molecule has 0 bridgehead atoms. The lowest BCUT2D eigenvalue weighted by Gasteiger charge is -2.23. The average Bonchev–Trinajstić information content (AvgIpc) is 2.87. The van der Waals surface area contributed by atoms with E-state index in [1.807, 2.05) is 18.2 Å². The van der Waals surface area contributed by atoms with E-state index in [9.17, 15) is 14.0 Å². The summed E-state index contributed by atoms with van der Waals surface area (Å²) in [5.74, 6) is 0.585. The molecule has 7 nitrogen and oxygen atoms in total. The van der Waals surface area contributed by atoms with E-state index in [0.29, 0.717) is 35.9 Å². The number of nitrogens with one attached hydrogen (secondary N) is 2. The van der Waals surface area contributed by atoms with Crippen molar-refractivity contribution in [1.29, 1.82) is 0 Å². The second kappa shape index (κ2) is 11.5. The van der Waals surface area contributed by atoms with Crippen molar-refractivity contribution in [2.24, 2.45) is 0 Å². The number of hydrogen-bond acceptors (Lipinski definition) is 6. The summed E-state index contributed by atoms with van der Waals surface area (Å²) >= 11 is 0. The number of carbonyl (C=O) groups excluding carboxylic acids is 2. The van der Waals surface area contributed by atoms with Gasteiger partial charge in [-0.15, -0.1) is 0 Å². The van der Waals surface area contributed by atoms with Gasteiger partial charge in [0, 0.05) is 13.1 Å². The first-order valence-corrected chi connectivity index (χ1v) is 11.0. The minimum Gasteiger partial charge on any atom is -0.496 e. The van der Waals surface area contributed by atoms with Gasteiger partial charge in [-0.1, -0.05) is 18.2 Å². The number of amides is 1. The maximum atomic E-state index is 13.0. The van der Waals surface area contributed by atoms with Crippen molar-refractivity contribution in [3.05, 3.63) is 89.2 Å². The van der Waals surface area contributed by atoms with E-state index in [-0.39, 0.29) is 17.7 Å². The number of methoxy groups -OCH3 is 2. The smallest absolute Gasteiger partial charge is 0.325 e. The first kappa shape index (κ1) is 25.7. The van der Waals surface area contributed by atoms with Crippen molar-refractivity contribution in [3.8, 4) is 17.2 Å². The summed E-state index contributed by atoms with van der Waals surface area (Å²) in [5, 5.41) is 6.03. The van der Waals surface area contributed by atoms with Crippen LogP contribution >= 0.6 is 0 Å². The summed E-state index contributed by atoms with van der Waals surface area (Å²) in [7, 11) is 2.85. The maximum absolute atomic E-state index is 13.0. The van der Waals surface area contributed by atoms with Crippen LogP contribution in [0.5, 0.6) is 17.2 Å². The minimum atomic E-state index is -0.871. The molecule has 184 valence electrons. The highest BCUT2D eigenvalue weighted by molar-refractivity contribution is 5.97. The molecule has 3 aromatic carbocycles. The van der Waals surface area contributed by atoms with Crippen LogP contribution in [-0.4, -0.2) is 31.6 Å². The second-order valence-electron chi connectivity index (χ2n) is 8.39. The molecule has 0 fully saturated rings. The molecule has 0 heterocycles. The van der Waals surface area contributed by atoms with Crippen LogP contribution in [0.1, 0.15) is 35.3 Å². The normalized spacial score (nSPS) is 11.0. The molecule has 3 rings (SSSR count). The number of esters is 1. The monoisotopic (exact) mass is 480 g/mol. The largest absolute Gasteiger partial charge is 0.496 e. The van der Waals surface area contributed by atoms with E-state index in [1.54, 1.807) is 50.2 Å². The van der Waals surface area contributed by atoms with Crippen LogP contribution in [0.4, 0.5) is 4.39 Å². The Hall–Kier alpha value is -3.91. The molecule has 0 aliphatic rings. The molecule has 1 amide bonds. The Balaban J connectivity index is 1.61. The third-order valence-electron chi connectivity index (χ3n) is 5.36. The topological polar surface area (TPSA) is 85.9 Å². The molecule has 0 saturated carbocycles. The molecule has 0 radical (unpaired) electrons. The highest BCUT2D eigenvalue weighted by Gasteiger charge is 2.27. The van der Waals surface area contributed by atoms with Gasteiger partial charge in [0.05, 0.1) is 19.8 Å². The Morgan fingerprint density at radius 3 is 2.06 bits per heavy atom. The van der Waals surface area contributed by atoms with E-state index in [4.69, 9.17) is 14.2 Å². The summed E-state index contributed by atoms with van der Waals surface area (Å²) in [6, 6.07) is 18.3. The first-order chi connectivity index (χ1) is 16.7. The fourth-order valence-corrected chi connectivity index (χ4v) is 3.28. The molecular formula is C27H29FN2O5. The van der Waals surface area contributed by atoms with Gasteiger partial charge in [0.1, 0.15) is 28.6 Å². The molecule has 0 atom stereocenters. The van der Waals surface area contributed by atoms with Crippen molar-refractivity contribution < 1.29 is 28.2 Å². The van der Waals surface area contributed by atoms with E-state index >= 15 is 0 Å². The molecule has 35 heavy (non-hydrogen) atoms. The standard InChI is InChI=1S/C27H29FN2O5/c1-27(2,26(32)34-4)30-17-19-7-14-24(33-3)23(15-19)25(31)29-16-18-5-10-21(11-6-18)35-22-12-8-20(28)9-13-22/h5-15,30H,16-17H2,1-4H3,(H,29,31). The van der Waals surface area contributed by atoms with Crippen molar-refractivity contribution >= 4 is 11.9 Å². The maximum Gasteiger partial charge on any atom is 0.325 e. The fraction of sp³-hybridized carbons (Fsp3) is 0.259. The van der Waals surface area contributed by atoms with Gasteiger partial charge in [-0.3, -0.25) is 14.9 Å². The molecule has 0 unspecified atom stereocenters. The Bertz CT molecular complexity index is 1160. The lowest BCUT2D eigenvalue weighted by Crippen LogP contribution is -2.46. The van der Waals surface area contributed by atoms with Crippen LogP contribution < -0.4 is 20.1 Å². The molecule has 3 aromatic rings. The van der Waals surface area contributed by atoms with Crippen molar-refractivity contribution in [1.82, 2.24) is 10.6 Å². The van der Waals surface area contributed by atoms with Crippen LogP contribution in [-0.2, 0) is 22.6 Å². The lowest BCUT2D eigenvalue weighted by molar-refractivity contribution is -0.147. The summed E-state index contributed by atoms with van der Waals surface area (Å²) < 4.78 is 28.9. The SMILES string of the molecule is COC(=O)C(C)(C)NCc1ccc(OC)c(C(=O)NCc2ccc(Oc3ccc(F)cc3)cc2)c1. The number of benzene rings is 3. The predicted octanol–water partition coefficient (Wildman–Crippen LogP) is 4.60. The Kier molecular flexibility index (Phi) is 8.43. The number of hydrogen-bond donors (Lipinski definition) is 2. The number of halogens is 1. The van der Waals surface area contributed by atoms with Gasteiger partial charge in [0.15, 0.2) is 0 Å². The molecule has 0 spiro atoms. The summed E-state index contributed by atoms with van der Waals surface area (Å²) in [5.41, 5.74) is 1.21. The molecule has 2 N–H and O–H groups in total. The predicted molar refractivity (Wildman–Crippen MR) is 130 cm³/mol. The van der Waals surface area contributed by atoms with E-state index in [2.05, 4.69) is 10.6 Å². The van der Waals surface area contributed by atoms with Gasteiger partial charge in [0.25, 0.3) is 5.91 Å². The zero-order valence-corrected chi connectivity index (χ0v) is 20.2. The highest BCUT2D eigenvalue weighted by Crippen LogP contribution is 2.23. The lowest BCUT2D eigenvalue weighted by atomic mass is 10.0. The quantitative estimate of drug-likeness (QED) is 0.413. The number of rotatable bonds is 10. The molecule has 0 aliphatic carbocycles. The van der Waals surface area contributed by atoms with E-state index in [0.717, 1.165) is 11.1 Å². The zero-order chi connectivity index (χ0) is 25.4. The van der Waals surface area contributed by atoms with Crippen LogP contribution in [0.15, 0.2) is 66.7 Å². The summed E-state index contributed by atoms with van der Waals surface area (Å²) in [6.07, 6.45) is 0. The van der Waals surface area contributed by atoms with Crippen LogP contribution in [0.25, 0.3) is 0 Å². The van der Waals surface area contributed by atoms with E-state index in [1.165, 1.54) is 26.4 Å². The van der Waals surface area contributed by atoms with Crippen LogP contribution in [0.3, 0.4) is 0 Å². The van der Waals surface area contributed by atoms with Crippen molar-refractivity contribution in [3.63, 3.8) is 0 Å². The molecule has 0 saturated heterocycles. The van der Waals surface area contributed by atoms with Gasteiger partial charge < -0.3 is 19.5 Å². The molecule has 0 aliphatic heterocycles. The van der Waals surface area contributed by atoms with Crippen LogP contribution in [0.2, 0.25) is 0 Å². The van der Waals surface area contributed by atoms with Gasteiger partial charge in [-0.2, -0.15) is 0 Å². The van der Waals surface area contributed by atoms with E-state index < -0.39 is 5.54 Å². The number of carbonyl (C=O) groups is 2. The molecule has 8 heteroatoms. The van der Waals surface area contributed by atoms with Gasteiger partial charge in [-0.05, 0) is 73.5 Å². The van der Waals surface area contributed by atoms with Gasteiger partial charge in [0.2, 0.25) is 0 Å². The third-order valence-corrected chi connectivity index (χ3v) is 5.36. The molecule has 0 aromatic heterocycles. The van der Waals surface area contributed by atoms with Gasteiger partial charge in [-0.25, -0.2) is 4.39 Å². The average molecular weight is 481 g/mol.